The minimum Gasteiger partial charge on any atom is -0.513 e. The lowest BCUT2D eigenvalue weighted by atomic mass is 9.64. The van der Waals surface area contributed by atoms with Crippen molar-refractivity contribution in [1.29, 1.82) is 0 Å². The van der Waals surface area contributed by atoms with E-state index in [0.29, 0.717) is 22.5 Å². The zero-order chi connectivity index (χ0) is 11.9. The molecule has 1 aliphatic rings. The van der Waals surface area contributed by atoms with Crippen LogP contribution in [-0.4, -0.2) is 5.11 Å². The summed E-state index contributed by atoms with van der Waals surface area (Å²) in [6.45, 7) is 15.4. The largest absolute Gasteiger partial charge is 0.513 e. The molecule has 1 rings (SSSR count). The summed E-state index contributed by atoms with van der Waals surface area (Å²) >= 11 is 0. The molecule has 0 amide bonds. The Hall–Kier alpha value is -0.460. The van der Waals surface area contributed by atoms with Crippen molar-refractivity contribution in [3.63, 3.8) is 0 Å². The number of aliphatic hydroxyl groups excluding tert-OH is 1. The molecule has 1 aliphatic carbocycles. The predicted octanol–water partition coefficient (Wildman–Crippen LogP) is 4.55. The minimum absolute atomic E-state index is 0.336. The van der Waals surface area contributed by atoms with Crippen LogP contribution in [0, 0.1) is 22.7 Å². The molecule has 2 unspecified atom stereocenters. The summed E-state index contributed by atoms with van der Waals surface area (Å²) in [6.07, 6.45) is 3.13. The van der Waals surface area contributed by atoms with Crippen molar-refractivity contribution in [3.05, 3.63) is 12.3 Å². The Morgan fingerprint density at radius 2 is 1.80 bits per heavy atom. The molecule has 0 bridgehead atoms. The fraction of sp³-hybridized carbons (Fsp3) is 0.857. The van der Waals surface area contributed by atoms with Gasteiger partial charge >= 0.3 is 0 Å². The highest BCUT2D eigenvalue weighted by atomic mass is 16.3. The second-order valence-electron chi connectivity index (χ2n) is 6.38. The third kappa shape index (κ3) is 2.07. The Morgan fingerprint density at radius 1 is 1.27 bits per heavy atom. The molecule has 1 nitrogen and oxygen atoms in total. The normalized spacial score (nSPS) is 32.9. The van der Waals surface area contributed by atoms with Gasteiger partial charge in [0.25, 0.3) is 0 Å². The van der Waals surface area contributed by atoms with Gasteiger partial charge in [-0.3, -0.25) is 0 Å². The molecule has 0 aromatic rings. The SMILES string of the molecule is C=C(O)CCC1CC(C)C(C)(C)C1(C)C. The minimum atomic E-state index is 0.336. The predicted molar refractivity (Wildman–Crippen MR) is 65.8 cm³/mol. The van der Waals surface area contributed by atoms with Gasteiger partial charge in [-0.05, 0) is 35.5 Å². The molecule has 1 saturated carbocycles. The van der Waals surface area contributed by atoms with Crippen molar-refractivity contribution in [2.75, 3.05) is 0 Å². The van der Waals surface area contributed by atoms with E-state index in [1.165, 1.54) is 6.42 Å². The van der Waals surface area contributed by atoms with Crippen molar-refractivity contribution in [1.82, 2.24) is 0 Å². The molecule has 0 spiro atoms. The maximum absolute atomic E-state index is 9.18. The highest BCUT2D eigenvalue weighted by Crippen LogP contribution is 2.59. The topological polar surface area (TPSA) is 20.2 Å². The standard InChI is InChI=1S/C14H26O/c1-10-9-12(8-7-11(2)15)14(5,6)13(10,3)4/h10,12,15H,2,7-9H2,1,3-6H3. The van der Waals surface area contributed by atoms with Crippen LogP contribution in [0.25, 0.3) is 0 Å². The Kier molecular flexibility index (Phi) is 3.23. The zero-order valence-electron chi connectivity index (χ0n) is 10.9. The highest BCUT2D eigenvalue weighted by Gasteiger charge is 2.51. The molecular formula is C14H26O. The molecule has 0 aromatic heterocycles. The third-order valence-corrected chi connectivity index (χ3v) is 5.33. The molecule has 1 N–H and O–H groups in total. The van der Waals surface area contributed by atoms with Crippen LogP contribution >= 0.6 is 0 Å². The molecular weight excluding hydrogens is 184 g/mol. The average molecular weight is 210 g/mol. The van der Waals surface area contributed by atoms with Gasteiger partial charge in [-0.15, -0.1) is 0 Å². The third-order valence-electron chi connectivity index (χ3n) is 5.33. The van der Waals surface area contributed by atoms with Crippen molar-refractivity contribution in [3.8, 4) is 0 Å². The quantitative estimate of drug-likeness (QED) is 0.678. The van der Waals surface area contributed by atoms with Gasteiger partial charge in [0, 0.05) is 6.42 Å². The van der Waals surface area contributed by atoms with Crippen molar-refractivity contribution in [2.24, 2.45) is 22.7 Å². The van der Waals surface area contributed by atoms with Crippen molar-refractivity contribution in [2.45, 2.75) is 53.9 Å². The summed E-state index contributed by atoms with van der Waals surface area (Å²) in [5.74, 6) is 1.82. The first-order valence-corrected chi connectivity index (χ1v) is 6.06. The molecule has 0 radical (unpaired) electrons. The first-order chi connectivity index (χ1) is 6.69. The van der Waals surface area contributed by atoms with Crippen LogP contribution in [0.3, 0.4) is 0 Å². The molecule has 88 valence electrons. The number of hydrogen-bond acceptors (Lipinski definition) is 1. The van der Waals surface area contributed by atoms with Gasteiger partial charge in [-0.1, -0.05) is 41.2 Å². The molecule has 1 fully saturated rings. The van der Waals surface area contributed by atoms with Crippen LogP contribution in [-0.2, 0) is 0 Å². The van der Waals surface area contributed by atoms with Gasteiger partial charge in [0.05, 0.1) is 5.76 Å². The number of aliphatic hydroxyl groups is 1. The highest BCUT2D eigenvalue weighted by molar-refractivity contribution is 5.01. The number of hydrogen-bond donors (Lipinski definition) is 1. The number of rotatable bonds is 3. The van der Waals surface area contributed by atoms with Gasteiger partial charge in [-0.25, -0.2) is 0 Å². The van der Waals surface area contributed by atoms with Crippen LogP contribution < -0.4 is 0 Å². The fourth-order valence-electron chi connectivity index (χ4n) is 3.00. The van der Waals surface area contributed by atoms with Gasteiger partial charge < -0.3 is 5.11 Å². The second-order valence-corrected chi connectivity index (χ2v) is 6.38. The van der Waals surface area contributed by atoms with Crippen LogP contribution in [0.1, 0.15) is 53.9 Å². The molecule has 1 heteroatoms. The van der Waals surface area contributed by atoms with Crippen LogP contribution in [0.2, 0.25) is 0 Å². The van der Waals surface area contributed by atoms with E-state index in [-0.39, 0.29) is 0 Å². The Morgan fingerprint density at radius 3 is 2.13 bits per heavy atom. The second kappa shape index (κ2) is 3.84. The van der Waals surface area contributed by atoms with Gasteiger partial charge in [0.2, 0.25) is 0 Å². The smallest absolute Gasteiger partial charge is 0.0851 e. The zero-order valence-corrected chi connectivity index (χ0v) is 10.9. The molecule has 0 heterocycles. The maximum atomic E-state index is 9.18. The van der Waals surface area contributed by atoms with E-state index in [0.717, 1.165) is 18.8 Å². The Labute approximate surface area is 94.6 Å². The Balaban J connectivity index is 2.73. The summed E-state index contributed by atoms with van der Waals surface area (Å²) in [6, 6.07) is 0. The van der Waals surface area contributed by atoms with Gasteiger partial charge in [0.15, 0.2) is 0 Å². The van der Waals surface area contributed by atoms with E-state index in [2.05, 4.69) is 41.2 Å². The summed E-state index contributed by atoms with van der Waals surface area (Å²) in [7, 11) is 0. The first kappa shape index (κ1) is 12.6. The maximum Gasteiger partial charge on any atom is 0.0851 e. The molecule has 2 atom stereocenters. The lowest BCUT2D eigenvalue weighted by Gasteiger charge is -2.41. The summed E-state index contributed by atoms with van der Waals surface area (Å²) in [4.78, 5) is 0. The van der Waals surface area contributed by atoms with E-state index >= 15 is 0 Å². The summed E-state index contributed by atoms with van der Waals surface area (Å²) < 4.78 is 0. The molecule has 0 aromatic carbocycles. The van der Waals surface area contributed by atoms with Gasteiger partial charge in [-0.2, -0.15) is 0 Å². The van der Waals surface area contributed by atoms with Crippen LogP contribution in [0.5, 0.6) is 0 Å². The lowest BCUT2D eigenvalue weighted by Crippen LogP contribution is -2.34. The van der Waals surface area contributed by atoms with Crippen molar-refractivity contribution >= 4 is 0 Å². The van der Waals surface area contributed by atoms with Crippen molar-refractivity contribution < 1.29 is 5.11 Å². The Bertz CT molecular complexity index is 250. The fourth-order valence-corrected chi connectivity index (χ4v) is 3.00. The van der Waals surface area contributed by atoms with Gasteiger partial charge in [0.1, 0.15) is 0 Å². The van der Waals surface area contributed by atoms with E-state index in [1.54, 1.807) is 0 Å². The van der Waals surface area contributed by atoms with E-state index in [4.69, 9.17) is 0 Å². The molecule has 15 heavy (non-hydrogen) atoms. The summed E-state index contributed by atoms with van der Waals surface area (Å²) in [5, 5.41) is 9.18. The monoisotopic (exact) mass is 210 g/mol. The molecule has 0 saturated heterocycles. The molecule has 0 aliphatic heterocycles. The average Bonchev–Trinajstić information content (AvgIpc) is 2.23. The van der Waals surface area contributed by atoms with Crippen LogP contribution in [0.4, 0.5) is 0 Å². The van der Waals surface area contributed by atoms with E-state index in [9.17, 15) is 5.11 Å². The first-order valence-electron chi connectivity index (χ1n) is 6.06. The summed E-state index contributed by atoms with van der Waals surface area (Å²) in [5.41, 5.74) is 0.760. The van der Waals surface area contributed by atoms with E-state index < -0.39 is 0 Å². The van der Waals surface area contributed by atoms with E-state index in [1.807, 2.05) is 0 Å². The number of allylic oxidation sites excluding steroid dienone is 1. The lowest BCUT2D eigenvalue weighted by molar-refractivity contribution is 0.0786. The van der Waals surface area contributed by atoms with Crippen LogP contribution in [0.15, 0.2) is 12.3 Å².